The van der Waals surface area contributed by atoms with Gasteiger partial charge in [-0.3, -0.25) is 9.59 Å². The Kier molecular flexibility index (Phi) is 6.48. The Morgan fingerprint density at radius 2 is 1.70 bits per heavy atom. The molecule has 0 bridgehead atoms. The van der Waals surface area contributed by atoms with Crippen molar-refractivity contribution in [2.75, 3.05) is 23.3 Å². The largest absolute Gasteiger partial charge is 0.416 e. The molecule has 1 N–H and O–H groups in total. The average molecular weight is 456 g/mol. The quantitative estimate of drug-likeness (QED) is 0.611. The maximum absolute atomic E-state index is 12.9. The molecule has 1 saturated heterocycles. The van der Waals surface area contributed by atoms with Crippen LogP contribution in [-0.2, 0) is 17.5 Å². The van der Waals surface area contributed by atoms with Gasteiger partial charge in [0.05, 0.1) is 11.3 Å². The molecule has 33 heavy (non-hydrogen) atoms. The minimum absolute atomic E-state index is 0.00710. The number of hydrogen-bond donors (Lipinski definition) is 1. The van der Waals surface area contributed by atoms with Crippen molar-refractivity contribution in [2.45, 2.75) is 32.0 Å². The molecule has 2 heterocycles. The Morgan fingerprint density at radius 3 is 2.39 bits per heavy atom. The first kappa shape index (κ1) is 22.6. The Morgan fingerprint density at radius 1 is 0.970 bits per heavy atom. The van der Waals surface area contributed by atoms with Crippen LogP contribution in [0.3, 0.4) is 0 Å². The molecule has 0 saturated carbocycles. The number of aromatic nitrogens is 2. The molecule has 1 aliphatic heterocycles. The number of hydrogen-bond acceptors (Lipinski definition) is 4. The summed E-state index contributed by atoms with van der Waals surface area (Å²) in [4.78, 5) is 26.9. The molecule has 1 aromatic heterocycles. The maximum atomic E-state index is 12.9. The van der Waals surface area contributed by atoms with Gasteiger partial charge in [0, 0.05) is 36.1 Å². The van der Waals surface area contributed by atoms with Crippen LogP contribution in [0.1, 0.15) is 24.8 Å². The number of carbonyl (C=O) groups excluding carboxylic acids is 1. The molecule has 3 aromatic rings. The van der Waals surface area contributed by atoms with Gasteiger partial charge >= 0.3 is 6.18 Å². The lowest BCUT2D eigenvalue weighted by molar-refractivity contribution is -0.137. The minimum Gasteiger partial charge on any atom is -0.372 e. The van der Waals surface area contributed by atoms with Crippen LogP contribution in [-0.4, -0.2) is 28.8 Å². The summed E-state index contributed by atoms with van der Waals surface area (Å²) in [5.74, 6) is -0.651. The minimum atomic E-state index is -4.52. The molecular weight excluding hydrogens is 433 g/mol. The zero-order valence-corrected chi connectivity index (χ0v) is 17.8. The van der Waals surface area contributed by atoms with E-state index in [0.29, 0.717) is 5.69 Å². The summed E-state index contributed by atoms with van der Waals surface area (Å²) in [7, 11) is 0. The van der Waals surface area contributed by atoms with Crippen LogP contribution in [0.5, 0.6) is 0 Å². The predicted octanol–water partition coefficient (Wildman–Crippen LogP) is 4.56. The normalized spacial score (nSPS) is 14.2. The third-order valence-electron chi connectivity index (χ3n) is 5.52. The zero-order valence-electron chi connectivity index (χ0n) is 17.8. The highest BCUT2D eigenvalue weighted by molar-refractivity contribution is 5.90. The summed E-state index contributed by atoms with van der Waals surface area (Å²) in [5, 5.41) is 6.66. The van der Waals surface area contributed by atoms with Crippen molar-refractivity contribution in [2.24, 2.45) is 0 Å². The van der Waals surface area contributed by atoms with Gasteiger partial charge < -0.3 is 10.2 Å². The third kappa shape index (κ3) is 5.60. The Hall–Kier alpha value is -3.62. The van der Waals surface area contributed by atoms with Crippen molar-refractivity contribution in [3.05, 3.63) is 76.6 Å². The van der Waals surface area contributed by atoms with E-state index in [-0.39, 0.29) is 5.69 Å². The monoisotopic (exact) mass is 456 g/mol. The summed E-state index contributed by atoms with van der Waals surface area (Å²) >= 11 is 0. The van der Waals surface area contributed by atoms with E-state index < -0.39 is 29.8 Å². The van der Waals surface area contributed by atoms with Gasteiger partial charge in [0.25, 0.3) is 5.56 Å². The van der Waals surface area contributed by atoms with Crippen LogP contribution in [0, 0.1) is 0 Å². The number of alkyl halides is 3. The molecule has 1 aliphatic rings. The van der Waals surface area contributed by atoms with Crippen molar-refractivity contribution < 1.29 is 18.0 Å². The van der Waals surface area contributed by atoms with Gasteiger partial charge in [-0.25, -0.2) is 4.68 Å². The number of halogens is 3. The second kappa shape index (κ2) is 9.48. The smallest absolute Gasteiger partial charge is 0.372 e. The number of amides is 1. The number of benzene rings is 2. The van der Waals surface area contributed by atoms with E-state index in [0.717, 1.165) is 41.2 Å². The van der Waals surface area contributed by atoms with Crippen LogP contribution < -0.4 is 15.8 Å². The first-order chi connectivity index (χ1) is 15.8. The topological polar surface area (TPSA) is 67.2 Å². The molecule has 0 radical (unpaired) electrons. The van der Waals surface area contributed by atoms with Gasteiger partial charge in [0.15, 0.2) is 0 Å². The number of nitrogens with zero attached hydrogens (tertiary/aromatic N) is 3. The summed E-state index contributed by atoms with van der Waals surface area (Å²) in [6.07, 6.45) is -0.911. The van der Waals surface area contributed by atoms with Crippen molar-refractivity contribution in [1.82, 2.24) is 9.78 Å². The number of nitrogens with one attached hydrogen (secondary N) is 1. The molecular formula is C24H23F3N4O2. The molecule has 1 fully saturated rings. The van der Waals surface area contributed by atoms with E-state index in [2.05, 4.69) is 15.3 Å². The van der Waals surface area contributed by atoms with E-state index in [9.17, 15) is 22.8 Å². The number of carbonyl (C=O) groups is 1. The summed E-state index contributed by atoms with van der Waals surface area (Å²) in [6, 6.07) is 15.1. The van der Waals surface area contributed by atoms with E-state index in [1.807, 2.05) is 24.3 Å². The average Bonchev–Trinajstić information content (AvgIpc) is 2.81. The van der Waals surface area contributed by atoms with Crippen LogP contribution >= 0.6 is 0 Å². The molecule has 0 spiro atoms. The first-order valence-electron chi connectivity index (χ1n) is 10.7. The SMILES string of the molecule is O=C(Cn1nc(-c2ccc(N3CCCCC3)cc2)ccc1=O)Nc1cccc(C(F)(F)F)c1. The fourth-order valence-corrected chi connectivity index (χ4v) is 3.82. The second-order valence-electron chi connectivity index (χ2n) is 7.94. The molecule has 9 heteroatoms. The lowest BCUT2D eigenvalue weighted by Crippen LogP contribution is -2.29. The van der Waals surface area contributed by atoms with E-state index in [1.165, 1.54) is 37.5 Å². The lowest BCUT2D eigenvalue weighted by atomic mass is 10.1. The number of piperidine rings is 1. The molecule has 6 nitrogen and oxygen atoms in total. The van der Waals surface area contributed by atoms with Crippen LogP contribution in [0.25, 0.3) is 11.3 Å². The fourth-order valence-electron chi connectivity index (χ4n) is 3.82. The fraction of sp³-hybridized carbons (Fsp3) is 0.292. The van der Waals surface area contributed by atoms with Crippen molar-refractivity contribution in [3.8, 4) is 11.3 Å². The first-order valence-corrected chi connectivity index (χ1v) is 10.7. The van der Waals surface area contributed by atoms with Gasteiger partial charge in [-0.05, 0) is 55.7 Å². The van der Waals surface area contributed by atoms with Gasteiger partial charge in [-0.1, -0.05) is 18.2 Å². The molecule has 0 atom stereocenters. The van der Waals surface area contributed by atoms with Crippen LogP contribution in [0.2, 0.25) is 0 Å². The van der Waals surface area contributed by atoms with Crippen molar-refractivity contribution >= 4 is 17.3 Å². The number of anilines is 2. The molecule has 4 rings (SSSR count). The molecule has 0 aliphatic carbocycles. The summed E-state index contributed by atoms with van der Waals surface area (Å²) in [5.41, 5.74) is 1.09. The second-order valence-corrected chi connectivity index (χ2v) is 7.94. The van der Waals surface area contributed by atoms with Crippen molar-refractivity contribution in [1.29, 1.82) is 0 Å². The van der Waals surface area contributed by atoms with Crippen LogP contribution in [0.4, 0.5) is 24.5 Å². The number of rotatable bonds is 5. The summed E-state index contributed by atoms with van der Waals surface area (Å²) in [6.45, 7) is 1.64. The van der Waals surface area contributed by atoms with E-state index in [1.54, 1.807) is 6.07 Å². The van der Waals surface area contributed by atoms with Gasteiger partial charge in [0.2, 0.25) is 5.91 Å². The zero-order chi connectivity index (χ0) is 23.4. The van der Waals surface area contributed by atoms with E-state index >= 15 is 0 Å². The molecule has 1 amide bonds. The predicted molar refractivity (Wildman–Crippen MR) is 120 cm³/mol. The Labute approximate surface area is 188 Å². The molecule has 2 aromatic carbocycles. The summed E-state index contributed by atoms with van der Waals surface area (Å²) < 4.78 is 39.6. The standard InChI is InChI=1S/C24H23F3N4O2/c25-24(26,27)18-5-4-6-19(15-18)28-22(32)16-31-23(33)12-11-21(29-31)17-7-9-20(10-8-17)30-13-2-1-3-14-30/h4-12,15H,1-3,13-14,16H2,(H,28,32). The van der Waals surface area contributed by atoms with Gasteiger partial charge in [0.1, 0.15) is 6.54 Å². The van der Waals surface area contributed by atoms with Gasteiger partial charge in [-0.15, -0.1) is 0 Å². The van der Waals surface area contributed by atoms with Crippen LogP contribution in [0.15, 0.2) is 65.5 Å². The Balaban J connectivity index is 1.47. The van der Waals surface area contributed by atoms with E-state index in [4.69, 9.17) is 0 Å². The van der Waals surface area contributed by atoms with Crippen molar-refractivity contribution in [3.63, 3.8) is 0 Å². The van der Waals surface area contributed by atoms with Gasteiger partial charge in [-0.2, -0.15) is 18.3 Å². The maximum Gasteiger partial charge on any atom is 0.416 e. The highest BCUT2D eigenvalue weighted by Crippen LogP contribution is 2.30. The Bertz CT molecular complexity index is 1180. The lowest BCUT2D eigenvalue weighted by Gasteiger charge is -2.28. The molecule has 0 unspecified atom stereocenters. The third-order valence-corrected chi connectivity index (χ3v) is 5.52. The molecule has 172 valence electrons. The highest BCUT2D eigenvalue weighted by Gasteiger charge is 2.30. The highest BCUT2D eigenvalue weighted by atomic mass is 19.4.